The van der Waals surface area contributed by atoms with Crippen molar-refractivity contribution in [3.63, 3.8) is 0 Å². The molecule has 1 aromatic heterocycles. The van der Waals surface area contributed by atoms with Crippen LogP contribution in [0, 0.1) is 0 Å². The molecule has 8 heteroatoms. The topological polar surface area (TPSA) is 89.0 Å². The van der Waals surface area contributed by atoms with Crippen LogP contribution in [0.2, 0.25) is 0 Å². The molecule has 0 aliphatic carbocycles. The molecule has 1 atom stereocenters. The average molecular weight is 376 g/mol. The van der Waals surface area contributed by atoms with Gasteiger partial charge in [0, 0.05) is 17.5 Å². The summed E-state index contributed by atoms with van der Waals surface area (Å²) in [5.74, 6) is -0.374. The molecule has 1 aliphatic heterocycles. The predicted molar refractivity (Wildman–Crippen MR) is 96.4 cm³/mol. The lowest BCUT2D eigenvalue weighted by molar-refractivity contribution is -0.159. The monoisotopic (exact) mass is 376 g/mol. The van der Waals surface area contributed by atoms with E-state index in [1.807, 2.05) is 36.6 Å². The van der Waals surface area contributed by atoms with Gasteiger partial charge in [0.1, 0.15) is 10.8 Å². The van der Waals surface area contributed by atoms with Crippen LogP contribution in [-0.2, 0) is 20.7 Å². The summed E-state index contributed by atoms with van der Waals surface area (Å²) in [5.41, 5.74) is 1.65. The Kier molecular flexibility index (Phi) is 5.85. The Bertz CT molecular complexity index is 774. The summed E-state index contributed by atoms with van der Waals surface area (Å²) in [6.45, 7) is 3.26. The normalized spacial score (nSPS) is 17.1. The van der Waals surface area contributed by atoms with Gasteiger partial charge in [0.15, 0.2) is 6.10 Å². The SMILES string of the molecule is CCOc1ccc(-c2nc(CC(=O)N3CCOC(C(=O)O)C3)cs2)cc1. The quantitative estimate of drug-likeness (QED) is 0.830. The highest BCUT2D eigenvalue weighted by Gasteiger charge is 2.29. The minimum atomic E-state index is -1.05. The molecular weight excluding hydrogens is 356 g/mol. The van der Waals surface area contributed by atoms with Gasteiger partial charge in [-0.2, -0.15) is 0 Å². The molecule has 1 unspecified atom stereocenters. The summed E-state index contributed by atoms with van der Waals surface area (Å²) in [6.07, 6.45) is -0.803. The molecule has 1 saturated heterocycles. The maximum atomic E-state index is 12.4. The fourth-order valence-electron chi connectivity index (χ4n) is 2.67. The van der Waals surface area contributed by atoms with Crippen LogP contribution < -0.4 is 4.74 Å². The van der Waals surface area contributed by atoms with E-state index in [0.717, 1.165) is 16.3 Å². The average Bonchev–Trinajstić information content (AvgIpc) is 3.11. The first-order valence-corrected chi connectivity index (χ1v) is 9.24. The van der Waals surface area contributed by atoms with Crippen molar-refractivity contribution in [3.05, 3.63) is 35.3 Å². The third kappa shape index (κ3) is 4.39. The number of ether oxygens (including phenoxy) is 2. The molecular formula is C18H20N2O5S. The number of carbonyl (C=O) groups excluding carboxylic acids is 1. The van der Waals surface area contributed by atoms with Crippen molar-refractivity contribution < 1.29 is 24.2 Å². The standard InChI is InChI=1S/C18H20N2O5S/c1-2-24-14-5-3-12(4-6-14)17-19-13(11-26-17)9-16(21)20-7-8-25-15(10-20)18(22)23/h3-6,11,15H,2,7-10H2,1H3,(H,22,23). The number of morpholine rings is 1. The number of amides is 1. The van der Waals surface area contributed by atoms with Crippen LogP contribution in [-0.4, -0.2) is 59.3 Å². The maximum absolute atomic E-state index is 12.4. The van der Waals surface area contributed by atoms with E-state index in [-0.39, 0.29) is 25.5 Å². The van der Waals surface area contributed by atoms with Crippen LogP contribution >= 0.6 is 11.3 Å². The molecule has 0 spiro atoms. The molecule has 1 amide bonds. The van der Waals surface area contributed by atoms with Crippen LogP contribution in [0.5, 0.6) is 5.75 Å². The van der Waals surface area contributed by atoms with E-state index in [4.69, 9.17) is 14.6 Å². The van der Waals surface area contributed by atoms with E-state index in [1.165, 1.54) is 16.2 Å². The lowest BCUT2D eigenvalue weighted by Crippen LogP contribution is -2.49. The second kappa shape index (κ2) is 8.29. The van der Waals surface area contributed by atoms with Crippen LogP contribution in [0.15, 0.2) is 29.6 Å². The minimum absolute atomic E-state index is 0.0735. The molecule has 1 fully saturated rings. The first-order chi connectivity index (χ1) is 12.6. The van der Waals surface area contributed by atoms with Gasteiger partial charge in [-0.3, -0.25) is 4.79 Å². The molecule has 1 N–H and O–H groups in total. The summed E-state index contributed by atoms with van der Waals surface area (Å²) < 4.78 is 10.6. The zero-order valence-electron chi connectivity index (χ0n) is 14.4. The highest BCUT2D eigenvalue weighted by atomic mass is 32.1. The fourth-order valence-corrected chi connectivity index (χ4v) is 3.50. The lowest BCUT2D eigenvalue weighted by Gasteiger charge is -2.30. The lowest BCUT2D eigenvalue weighted by atomic mass is 10.2. The molecule has 2 heterocycles. The van der Waals surface area contributed by atoms with Gasteiger partial charge in [-0.05, 0) is 31.2 Å². The van der Waals surface area contributed by atoms with Crippen molar-refractivity contribution in [3.8, 4) is 16.3 Å². The molecule has 0 saturated carbocycles. The second-order valence-corrected chi connectivity index (χ2v) is 6.67. The highest BCUT2D eigenvalue weighted by Crippen LogP contribution is 2.26. The van der Waals surface area contributed by atoms with E-state index in [1.54, 1.807) is 0 Å². The van der Waals surface area contributed by atoms with Crippen molar-refractivity contribution in [2.24, 2.45) is 0 Å². The zero-order chi connectivity index (χ0) is 18.5. The summed E-state index contributed by atoms with van der Waals surface area (Å²) in [6, 6.07) is 7.67. The number of benzene rings is 1. The largest absolute Gasteiger partial charge is 0.494 e. The number of nitrogens with zero attached hydrogens (tertiary/aromatic N) is 2. The Labute approximate surface area is 155 Å². The summed E-state index contributed by atoms with van der Waals surface area (Å²) in [7, 11) is 0. The molecule has 26 heavy (non-hydrogen) atoms. The number of carbonyl (C=O) groups is 2. The fraction of sp³-hybridized carbons (Fsp3) is 0.389. The van der Waals surface area contributed by atoms with E-state index >= 15 is 0 Å². The van der Waals surface area contributed by atoms with Crippen molar-refractivity contribution in [1.29, 1.82) is 0 Å². The molecule has 0 bridgehead atoms. The molecule has 1 aliphatic rings. The molecule has 2 aromatic rings. The van der Waals surface area contributed by atoms with E-state index < -0.39 is 12.1 Å². The van der Waals surface area contributed by atoms with Crippen molar-refractivity contribution in [1.82, 2.24) is 9.88 Å². The summed E-state index contributed by atoms with van der Waals surface area (Å²) in [4.78, 5) is 29.5. The van der Waals surface area contributed by atoms with Crippen LogP contribution in [0.4, 0.5) is 0 Å². The van der Waals surface area contributed by atoms with Gasteiger partial charge in [-0.25, -0.2) is 9.78 Å². The Morgan fingerprint density at radius 1 is 1.38 bits per heavy atom. The van der Waals surface area contributed by atoms with E-state index in [2.05, 4.69) is 4.98 Å². The molecule has 3 rings (SSSR count). The highest BCUT2D eigenvalue weighted by molar-refractivity contribution is 7.13. The van der Waals surface area contributed by atoms with Gasteiger partial charge in [0.2, 0.25) is 5.91 Å². The van der Waals surface area contributed by atoms with Crippen molar-refractivity contribution >= 4 is 23.2 Å². The van der Waals surface area contributed by atoms with Crippen LogP contribution in [0.25, 0.3) is 10.6 Å². The van der Waals surface area contributed by atoms with Crippen LogP contribution in [0.1, 0.15) is 12.6 Å². The summed E-state index contributed by atoms with van der Waals surface area (Å²) >= 11 is 1.47. The Hall–Kier alpha value is -2.45. The molecule has 7 nitrogen and oxygen atoms in total. The van der Waals surface area contributed by atoms with Crippen LogP contribution in [0.3, 0.4) is 0 Å². The molecule has 1 aromatic carbocycles. The third-order valence-electron chi connectivity index (χ3n) is 3.99. The number of carboxylic acid groups (broad SMARTS) is 1. The van der Waals surface area contributed by atoms with Crippen molar-refractivity contribution in [2.75, 3.05) is 26.3 Å². The number of aliphatic carboxylic acids is 1. The number of hydrogen-bond acceptors (Lipinski definition) is 6. The minimum Gasteiger partial charge on any atom is -0.494 e. The Morgan fingerprint density at radius 3 is 2.85 bits per heavy atom. The van der Waals surface area contributed by atoms with Gasteiger partial charge < -0.3 is 19.5 Å². The third-order valence-corrected chi connectivity index (χ3v) is 4.93. The number of aromatic nitrogens is 1. The van der Waals surface area contributed by atoms with Gasteiger partial charge in [-0.1, -0.05) is 0 Å². The number of rotatable bonds is 6. The second-order valence-electron chi connectivity index (χ2n) is 5.82. The number of thiazole rings is 1. The number of hydrogen-bond donors (Lipinski definition) is 1. The van der Waals surface area contributed by atoms with Gasteiger partial charge >= 0.3 is 5.97 Å². The number of carboxylic acids is 1. The first kappa shape index (κ1) is 18.3. The van der Waals surface area contributed by atoms with Crippen molar-refractivity contribution in [2.45, 2.75) is 19.4 Å². The van der Waals surface area contributed by atoms with Gasteiger partial charge in [0.05, 0.1) is 31.9 Å². The Balaban J connectivity index is 1.62. The predicted octanol–water partition coefficient (Wildman–Crippen LogP) is 2.06. The zero-order valence-corrected chi connectivity index (χ0v) is 15.2. The van der Waals surface area contributed by atoms with Gasteiger partial charge in [0.25, 0.3) is 0 Å². The van der Waals surface area contributed by atoms with E-state index in [9.17, 15) is 9.59 Å². The van der Waals surface area contributed by atoms with E-state index in [0.29, 0.717) is 18.8 Å². The smallest absolute Gasteiger partial charge is 0.334 e. The first-order valence-electron chi connectivity index (χ1n) is 8.36. The maximum Gasteiger partial charge on any atom is 0.334 e. The Morgan fingerprint density at radius 2 is 2.15 bits per heavy atom. The summed E-state index contributed by atoms with van der Waals surface area (Å²) in [5, 5.41) is 11.7. The molecule has 138 valence electrons. The van der Waals surface area contributed by atoms with Gasteiger partial charge in [-0.15, -0.1) is 11.3 Å². The molecule has 0 radical (unpaired) electrons.